The number of hydrogen-bond acceptors (Lipinski definition) is 2. The van der Waals surface area contributed by atoms with Gasteiger partial charge in [-0.25, -0.2) is 0 Å². The fraction of sp³-hybridized carbons (Fsp3) is 0. The number of rotatable bonds is 7. The lowest BCUT2D eigenvalue weighted by atomic mass is 10.1. The third kappa shape index (κ3) is 6.17. The quantitative estimate of drug-likeness (QED) is 0.304. The lowest BCUT2D eigenvalue weighted by Crippen LogP contribution is -2.18. The molecule has 0 fully saturated rings. The van der Waals surface area contributed by atoms with Crippen LogP contribution in [0.5, 0.6) is 0 Å². The maximum absolute atomic E-state index is 12.9. The number of allylic oxidation sites excluding steroid dienone is 2. The molecule has 4 heteroatoms. The molecule has 0 aliphatic heterocycles. The molecule has 2 amide bonds. The molecule has 0 unspecified atom stereocenters. The topological polar surface area (TPSA) is 58.2 Å². The van der Waals surface area contributed by atoms with Crippen LogP contribution in [0.3, 0.4) is 0 Å². The average molecular weight is 445 g/mol. The summed E-state index contributed by atoms with van der Waals surface area (Å²) in [6.07, 6.45) is 8.01. The SMILES string of the molecule is O=C(Nc1ccccc1C(=O)Nc1ccc(/C=C/C=C/c2ccccc2)cc1)c1ccccc1. The average Bonchev–Trinajstić information content (AvgIpc) is 2.89. The number of hydrogen-bond donors (Lipinski definition) is 2. The Hall–Kier alpha value is -4.70. The maximum Gasteiger partial charge on any atom is 0.257 e. The molecule has 166 valence electrons. The molecule has 0 spiro atoms. The van der Waals surface area contributed by atoms with Crippen LogP contribution in [0.1, 0.15) is 31.8 Å². The minimum Gasteiger partial charge on any atom is -0.322 e. The van der Waals surface area contributed by atoms with Gasteiger partial charge in [-0.15, -0.1) is 0 Å². The second-order valence-corrected chi connectivity index (χ2v) is 7.57. The summed E-state index contributed by atoms with van der Waals surface area (Å²) in [5.74, 6) is -0.559. The van der Waals surface area contributed by atoms with Gasteiger partial charge in [0.1, 0.15) is 0 Å². The van der Waals surface area contributed by atoms with Crippen molar-refractivity contribution >= 4 is 35.3 Å². The number of carbonyl (C=O) groups is 2. The molecule has 34 heavy (non-hydrogen) atoms. The van der Waals surface area contributed by atoms with E-state index in [1.54, 1.807) is 48.5 Å². The highest BCUT2D eigenvalue weighted by molar-refractivity contribution is 6.12. The van der Waals surface area contributed by atoms with Crippen molar-refractivity contribution in [2.24, 2.45) is 0 Å². The summed E-state index contributed by atoms with van der Waals surface area (Å²) < 4.78 is 0. The van der Waals surface area contributed by atoms with Crippen LogP contribution < -0.4 is 10.6 Å². The Bertz CT molecular complexity index is 1310. The van der Waals surface area contributed by atoms with Crippen LogP contribution in [0.2, 0.25) is 0 Å². The molecule has 4 nitrogen and oxygen atoms in total. The molecule has 2 N–H and O–H groups in total. The van der Waals surface area contributed by atoms with Crippen LogP contribution in [0.4, 0.5) is 11.4 Å². The van der Waals surface area contributed by atoms with Gasteiger partial charge in [-0.1, -0.05) is 97.1 Å². The molecule has 0 aromatic heterocycles. The number of para-hydroxylation sites is 1. The first-order valence-corrected chi connectivity index (χ1v) is 11.0. The number of carbonyl (C=O) groups excluding carboxylic acids is 2. The van der Waals surface area contributed by atoms with Crippen molar-refractivity contribution in [1.29, 1.82) is 0 Å². The van der Waals surface area contributed by atoms with Crippen molar-refractivity contribution in [3.05, 3.63) is 144 Å². The van der Waals surface area contributed by atoms with Gasteiger partial charge in [0, 0.05) is 11.3 Å². The Morgan fingerprint density at radius 1 is 0.529 bits per heavy atom. The largest absolute Gasteiger partial charge is 0.322 e. The van der Waals surface area contributed by atoms with Gasteiger partial charge < -0.3 is 10.6 Å². The van der Waals surface area contributed by atoms with Gasteiger partial charge in [-0.2, -0.15) is 0 Å². The van der Waals surface area contributed by atoms with E-state index in [0.717, 1.165) is 11.1 Å². The van der Waals surface area contributed by atoms with Crippen molar-refractivity contribution in [3.8, 4) is 0 Å². The molecular formula is C30H24N2O2. The predicted octanol–water partition coefficient (Wildman–Crippen LogP) is 6.92. The molecule has 0 aliphatic rings. The van der Waals surface area contributed by atoms with Crippen LogP contribution in [-0.2, 0) is 0 Å². The number of amides is 2. The molecule has 4 rings (SSSR count). The summed E-state index contributed by atoms with van der Waals surface area (Å²) in [7, 11) is 0. The third-order valence-electron chi connectivity index (χ3n) is 5.11. The van der Waals surface area contributed by atoms with E-state index in [0.29, 0.717) is 22.5 Å². The predicted molar refractivity (Wildman–Crippen MR) is 140 cm³/mol. The molecule has 4 aromatic rings. The minimum atomic E-state index is -0.293. The fourth-order valence-electron chi connectivity index (χ4n) is 3.35. The first-order valence-electron chi connectivity index (χ1n) is 11.0. The van der Waals surface area contributed by atoms with E-state index in [2.05, 4.69) is 10.6 Å². The van der Waals surface area contributed by atoms with Crippen molar-refractivity contribution in [2.45, 2.75) is 0 Å². The Kier molecular flexibility index (Phi) is 7.44. The summed E-state index contributed by atoms with van der Waals surface area (Å²) in [4.78, 5) is 25.4. The molecule has 0 saturated carbocycles. The Balaban J connectivity index is 1.39. The normalized spacial score (nSPS) is 10.9. The molecule has 4 aromatic carbocycles. The number of anilines is 2. The molecule has 0 atom stereocenters. The van der Waals surface area contributed by atoms with Gasteiger partial charge in [-0.3, -0.25) is 9.59 Å². The summed E-state index contributed by atoms with van der Waals surface area (Å²) in [6, 6.07) is 33.5. The zero-order chi connectivity index (χ0) is 23.6. The van der Waals surface area contributed by atoms with E-state index in [-0.39, 0.29) is 11.8 Å². The van der Waals surface area contributed by atoms with Crippen molar-refractivity contribution in [3.63, 3.8) is 0 Å². The van der Waals surface area contributed by atoms with Crippen LogP contribution >= 0.6 is 0 Å². The summed E-state index contributed by atoms with van der Waals surface area (Å²) in [6.45, 7) is 0. The highest BCUT2D eigenvalue weighted by atomic mass is 16.2. The van der Waals surface area contributed by atoms with E-state index < -0.39 is 0 Å². The fourth-order valence-corrected chi connectivity index (χ4v) is 3.35. The second kappa shape index (κ2) is 11.2. The van der Waals surface area contributed by atoms with Gasteiger partial charge in [0.25, 0.3) is 11.8 Å². The van der Waals surface area contributed by atoms with Crippen LogP contribution in [0.15, 0.2) is 121 Å². The maximum atomic E-state index is 12.9. The number of nitrogens with one attached hydrogen (secondary N) is 2. The van der Waals surface area contributed by atoms with Crippen LogP contribution in [-0.4, -0.2) is 11.8 Å². The van der Waals surface area contributed by atoms with E-state index >= 15 is 0 Å². The van der Waals surface area contributed by atoms with Crippen LogP contribution in [0.25, 0.3) is 12.2 Å². The first-order chi connectivity index (χ1) is 16.7. The molecule has 0 saturated heterocycles. The molecule has 0 aliphatic carbocycles. The Morgan fingerprint density at radius 2 is 1.09 bits per heavy atom. The van der Waals surface area contributed by atoms with E-state index in [4.69, 9.17) is 0 Å². The monoisotopic (exact) mass is 444 g/mol. The third-order valence-corrected chi connectivity index (χ3v) is 5.11. The summed E-state index contributed by atoms with van der Waals surface area (Å²) in [5, 5.41) is 5.73. The zero-order valence-electron chi connectivity index (χ0n) is 18.5. The molecular weight excluding hydrogens is 420 g/mol. The van der Waals surface area contributed by atoms with E-state index in [9.17, 15) is 9.59 Å². The van der Waals surface area contributed by atoms with Crippen molar-refractivity contribution in [1.82, 2.24) is 0 Å². The van der Waals surface area contributed by atoms with Gasteiger partial charge in [0.2, 0.25) is 0 Å². The van der Waals surface area contributed by atoms with Crippen molar-refractivity contribution in [2.75, 3.05) is 10.6 Å². The van der Waals surface area contributed by atoms with E-state index in [1.807, 2.05) is 85.0 Å². The Labute approximate surface area is 199 Å². The molecule has 0 bridgehead atoms. The Morgan fingerprint density at radius 3 is 1.76 bits per heavy atom. The number of benzene rings is 4. The lowest BCUT2D eigenvalue weighted by molar-refractivity contribution is 0.102. The van der Waals surface area contributed by atoms with Crippen LogP contribution in [0, 0.1) is 0 Å². The van der Waals surface area contributed by atoms with Gasteiger partial charge in [0.15, 0.2) is 0 Å². The van der Waals surface area contributed by atoms with Crippen molar-refractivity contribution < 1.29 is 9.59 Å². The zero-order valence-corrected chi connectivity index (χ0v) is 18.5. The summed E-state index contributed by atoms with van der Waals surface area (Å²) in [5.41, 5.74) is 4.21. The lowest BCUT2D eigenvalue weighted by Gasteiger charge is -2.12. The second-order valence-electron chi connectivity index (χ2n) is 7.57. The summed E-state index contributed by atoms with van der Waals surface area (Å²) >= 11 is 0. The molecule has 0 radical (unpaired) electrons. The van der Waals surface area contributed by atoms with E-state index in [1.165, 1.54) is 0 Å². The standard InChI is InChI=1S/C30H24N2O2/c33-29(25-15-5-2-6-16-25)32-28-18-10-9-17-27(28)30(34)31-26-21-19-24(20-22-26)14-8-7-13-23-11-3-1-4-12-23/h1-22H,(H,31,34)(H,32,33)/b13-7+,14-8+. The van der Waals surface area contributed by atoms with Gasteiger partial charge >= 0.3 is 0 Å². The van der Waals surface area contributed by atoms with Gasteiger partial charge in [-0.05, 0) is 47.5 Å². The highest BCUT2D eigenvalue weighted by Crippen LogP contribution is 2.19. The first kappa shape index (κ1) is 22.5. The molecule has 0 heterocycles. The smallest absolute Gasteiger partial charge is 0.257 e. The highest BCUT2D eigenvalue weighted by Gasteiger charge is 2.14. The van der Waals surface area contributed by atoms with Gasteiger partial charge in [0.05, 0.1) is 11.3 Å². The minimum absolute atomic E-state index is 0.265.